The Morgan fingerprint density at radius 2 is 2.06 bits per heavy atom. The lowest BCUT2D eigenvalue weighted by Gasteiger charge is -2.44. The number of rotatable bonds is 4. The molecule has 0 saturated carbocycles. The Hall–Kier alpha value is -1.12. The molecule has 0 spiro atoms. The van der Waals surface area contributed by atoms with Gasteiger partial charge in [-0.05, 0) is 31.2 Å². The van der Waals surface area contributed by atoms with Crippen molar-refractivity contribution in [2.24, 2.45) is 5.73 Å². The van der Waals surface area contributed by atoms with Gasteiger partial charge in [0.25, 0.3) is 0 Å². The lowest BCUT2D eigenvalue weighted by atomic mass is 9.92. The van der Waals surface area contributed by atoms with Gasteiger partial charge in [0.1, 0.15) is 0 Å². The zero-order chi connectivity index (χ0) is 12.1. The summed E-state index contributed by atoms with van der Waals surface area (Å²) in [6.07, 6.45) is 6.38. The molecule has 1 atom stereocenters. The molecule has 0 aliphatic carbocycles. The first kappa shape index (κ1) is 12.3. The summed E-state index contributed by atoms with van der Waals surface area (Å²) < 4.78 is 0. The molecule has 1 heterocycles. The van der Waals surface area contributed by atoms with Crippen molar-refractivity contribution < 1.29 is 0 Å². The van der Waals surface area contributed by atoms with Crippen LogP contribution in [0.4, 0.5) is 0 Å². The number of nitrogens with zero attached hydrogens (tertiary/aromatic N) is 1. The quantitative estimate of drug-likeness (QED) is 0.806. The molecule has 2 N–H and O–H groups in total. The fourth-order valence-electron chi connectivity index (χ4n) is 2.64. The number of hydrogen-bond donors (Lipinski definition) is 1. The lowest BCUT2D eigenvalue weighted by Crippen LogP contribution is -2.57. The smallest absolute Gasteiger partial charge is 0.0725 e. The summed E-state index contributed by atoms with van der Waals surface area (Å²) >= 11 is 0. The van der Waals surface area contributed by atoms with Gasteiger partial charge in [0.2, 0.25) is 0 Å². The van der Waals surface area contributed by atoms with Crippen LogP contribution >= 0.6 is 0 Å². The van der Waals surface area contributed by atoms with Crippen molar-refractivity contribution in [3.05, 3.63) is 48.6 Å². The summed E-state index contributed by atoms with van der Waals surface area (Å²) in [5.74, 6) is 0. The highest BCUT2D eigenvalue weighted by Gasteiger charge is 2.33. The summed E-state index contributed by atoms with van der Waals surface area (Å²) in [7, 11) is 0. The zero-order valence-corrected chi connectivity index (χ0v) is 10.4. The van der Waals surface area contributed by atoms with Crippen LogP contribution in [-0.2, 0) is 6.54 Å². The van der Waals surface area contributed by atoms with Gasteiger partial charge in [-0.1, -0.05) is 36.4 Å². The molecule has 0 amide bonds. The highest BCUT2D eigenvalue weighted by Crippen LogP contribution is 2.28. The highest BCUT2D eigenvalue weighted by molar-refractivity contribution is 5.15. The molecule has 2 rings (SSSR count). The van der Waals surface area contributed by atoms with Crippen LogP contribution in [0.2, 0.25) is 0 Å². The van der Waals surface area contributed by atoms with Crippen LogP contribution in [0.1, 0.15) is 31.2 Å². The average Bonchev–Trinajstić information content (AvgIpc) is 2.34. The molecule has 0 radical (unpaired) electrons. The van der Waals surface area contributed by atoms with Crippen LogP contribution in [0, 0.1) is 0 Å². The molecular weight excluding hydrogens is 208 g/mol. The molecule has 0 aromatic heterocycles. The van der Waals surface area contributed by atoms with Gasteiger partial charge in [-0.25, -0.2) is 0 Å². The predicted octanol–water partition coefficient (Wildman–Crippen LogP) is 2.90. The lowest BCUT2D eigenvalue weighted by molar-refractivity contribution is 0.0456. The van der Waals surface area contributed by atoms with Gasteiger partial charge >= 0.3 is 0 Å². The molecule has 92 valence electrons. The third-order valence-electron chi connectivity index (χ3n) is 3.63. The summed E-state index contributed by atoms with van der Waals surface area (Å²) in [6, 6.07) is 10.6. The highest BCUT2D eigenvalue weighted by atomic mass is 15.3. The van der Waals surface area contributed by atoms with Gasteiger partial charge < -0.3 is 5.73 Å². The van der Waals surface area contributed by atoms with E-state index < -0.39 is 0 Å². The maximum absolute atomic E-state index is 6.52. The van der Waals surface area contributed by atoms with Crippen LogP contribution in [-0.4, -0.2) is 17.1 Å². The van der Waals surface area contributed by atoms with Gasteiger partial charge in [0.05, 0.1) is 5.66 Å². The van der Waals surface area contributed by atoms with Crippen LogP contribution in [0.15, 0.2) is 43.0 Å². The van der Waals surface area contributed by atoms with Crippen molar-refractivity contribution in [1.82, 2.24) is 4.90 Å². The second-order valence-corrected chi connectivity index (χ2v) is 4.96. The van der Waals surface area contributed by atoms with Crippen molar-refractivity contribution in [3.63, 3.8) is 0 Å². The minimum absolute atomic E-state index is 0.185. The van der Waals surface area contributed by atoms with E-state index in [0.717, 1.165) is 25.9 Å². The fraction of sp³-hybridized carbons (Fsp3) is 0.467. The summed E-state index contributed by atoms with van der Waals surface area (Å²) in [5, 5.41) is 0. The van der Waals surface area contributed by atoms with E-state index in [1.807, 2.05) is 6.08 Å². The van der Waals surface area contributed by atoms with E-state index in [9.17, 15) is 0 Å². The zero-order valence-electron chi connectivity index (χ0n) is 10.4. The first-order valence-corrected chi connectivity index (χ1v) is 6.43. The van der Waals surface area contributed by atoms with E-state index in [1.165, 1.54) is 18.4 Å². The largest absolute Gasteiger partial charge is 0.313 e. The monoisotopic (exact) mass is 230 g/mol. The van der Waals surface area contributed by atoms with Crippen LogP contribution in [0.5, 0.6) is 0 Å². The number of likely N-dealkylation sites (tertiary alicyclic amines) is 1. The third kappa shape index (κ3) is 2.96. The van der Waals surface area contributed by atoms with E-state index >= 15 is 0 Å². The molecule has 1 aliphatic heterocycles. The second-order valence-electron chi connectivity index (χ2n) is 4.96. The minimum Gasteiger partial charge on any atom is -0.313 e. The van der Waals surface area contributed by atoms with Gasteiger partial charge in [0.15, 0.2) is 0 Å². The van der Waals surface area contributed by atoms with E-state index in [2.05, 4.69) is 41.8 Å². The van der Waals surface area contributed by atoms with E-state index in [1.54, 1.807) is 0 Å². The first-order chi connectivity index (χ1) is 8.24. The van der Waals surface area contributed by atoms with Gasteiger partial charge in [0, 0.05) is 13.1 Å². The van der Waals surface area contributed by atoms with Crippen molar-refractivity contribution in [1.29, 1.82) is 0 Å². The molecule has 1 unspecified atom stereocenters. The van der Waals surface area contributed by atoms with E-state index in [0.29, 0.717) is 0 Å². The molecule has 1 fully saturated rings. The molecule has 1 aromatic carbocycles. The van der Waals surface area contributed by atoms with E-state index in [4.69, 9.17) is 5.73 Å². The number of piperidine rings is 1. The van der Waals surface area contributed by atoms with Crippen molar-refractivity contribution >= 4 is 0 Å². The second kappa shape index (κ2) is 5.48. The molecule has 2 nitrogen and oxygen atoms in total. The maximum atomic E-state index is 6.52. The van der Waals surface area contributed by atoms with Gasteiger partial charge in [-0.3, -0.25) is 4.90 Å². The van der Waals surface area contributed by atoms with Crippen LogP contribution in [0.25, 0.3) is 0 Å². The van der Waals surface area contributed by atoms with Crippen molar-refractivity contribution in [2.45, 2.75) is 37.9 Å². The van der Waals surface area contributed by atoms with Crippen molar-refractivity contribution in [2.75, 3.05) is 6.54 Å². The predicted molar refractivity (Wildman–Crippen MR) is 72.4 cm³/mol. The topological polar surface area (TPSA) is 29.3 Å². The molecule has 1 aromatic rings. The molecular formula is C15H22N2. The van der Waals surface area contributed by atoms with Gasteiger partial charge in [-0.2, -0.15) is 0 Å². The Labute approximate surface area is 104 Å². The normalized spacial score (nSPS) is 25.7. The van der Waals surface area contributed by atoms with Crippen LogP contribution in [0.3, 0.4) is 0 Å². The Morgan fingerprint density at radius 3 is 2.76 bits per heavy atom. The third-order valence-corrected chi connectivity index (χ3v) is 3.63. The first-order valence-electron chi connectivity index (χ1n) is 6.43. The summed E-state index contributed by atoms with van der Waals surface area (Å²) in [4.78, 5) is 2.41. The standard InChI is InChI=1S/C15H22N2/c1-2-10-15(16)11-6-7-12-17(15)13-14-8-4-3-5-9-14/h2-5,8-9H,1,6-7,10-13,16H2. The maximum Gasteiger partial charge on any atom is 0.0725 e. The number of nitrogens with two attached hydrogens (primary N) is 1. The Morgan fingerprint density at radius 1 is 1.29 bits per heavy atom. The summed E-state index contributed by atoms with van der Waals surface area (Å²) in [6.45, 7) is 5.88. The Bertz CT molecular complexity index is 360. The van der Waals surface area contributed by atoms with E-state index in [-0.39, 0.29) is 5.66 Å². The fourth-order valence-corrected chi connectivity index (χ4v) is 2.64. The molecule has 1 aliphatic rings. The Kier molecular flexibility index (Phi) is 3.97. The molecule has 1 saturated heterocycles. The minimum atomic E-state index is -0.185. The Balaban J connectivity index is 2.09. The number of hydrogen-bond acceptors (Lipinski definition) is 2. The van der Waals surface area contributed by atoms with Crippen molar-refractivity contribution in [3.8, 4) is 0 Å². The molecule has 17 heavy (non-hydrogen) atoms. The molecule has 0 bridgehead atoms. The SMILES string of the molecule is C=CCC1(N)CCCCN1Cc1ccccc1. The average molecular weight is 230 g/mol. The van der Waals surface area contributed by atoms with Crippen LogP contribution < -0.4 is 5.73 Å². The number of benzene rings is 1. The molecule has 2 heteroatoms. The summed E-state index contributed by atoms with van der Waals surface area (Å²) in [5.41, 5.74) is 7.67. The van der Waals surface area contributed by atoms with Gasteiger partial charge in [-0.15, -0.1) is 6.58 Å².